The van der Waals surface area contributed by atoms with E-state index in [1.165, 1.54) is 11.3 Å². The van der Waals surface area contributed by atoms with Gasteiger partial charge in [-0.2, -0.15) is 0 Å². The van der Waals surface area contributed by atoms with E-state index in [1.54, 1.807) is 25.1 Å². The summed E-state index contributed by atoms with van der Waals surface area (Å²) in [5, 5.41) is 9.55. The van der Waals surface area contributed by atoms with Gasteiger partial charge in [0.15, 0.2) is 5.13 Å². The van der Waals surface area contributed by atoms with Crippen molar-refractivity contribution in [3.8, 4) is 0 Å². The Bertz CT molecular complexity index is 1030. The predicted molar refractivity (Wildman–Crippen MR) is 112 cm³/mol. The van der Waals surface area contributed by atoms with Crippen LogP contribution in [0.1, 0.15) is 24.5 Å². The molecule has 140 valence electrons. The van der Waals surface area contributed by atoms with E-state index in [0.29, 0.717) is 27.9 Å². The zero-order valence-electron chi connectivity index (χ0n) is 15.1. The molecule has 27 heavy (non-hydrogen) atoms. The lowest BCUT2D eigenvalue weighted by Gasteiger charge is -2.11. The molecular formula is C19H19ClN4O2S. The molecule has 3 N–H and O–H groups in total. The van der Waals surface area contributed by atoms with Crippen LogP contribution in [-0.4, -0.2) is 16.9 Å². The number of carbonyl (C=O) groups is 2. The Hall–Kier alpha value is -2.64. The molecular weight excluding hydrogens is 384 g/mol. The summed E-state index contributed by atoms with van der Waals surface area (Å²) in [6.07, 6.45) is 0.394. The largest absolute Gasteiger partial charge is 0.323 e. The maximum atomic E-state index is 12.3. The van der Waals surface area contributed by atoms with Gasteiger partial charge in [-0.15, -0.1) is 0 Å². The third kappa shape index (κ3) is 4.37. The molecule has 6 nitrogen and oxygen atoms in total. The van der Waals surface area contributed by atoms with Gasteiger partial charge < -0.3 is 16.0 Å². The van der Waals surface area contributed by atoms with E-state index in [1.807, 2.05) is 26.0 Å². The van der Waals surface area contributed by atoms with E-state index < -0.39 is 0 Å². The second-order valence-electron chi connectivity index (χ2n) is 6.05. The summed E-state index contributed by atoms with van der Waals surface area (Å²) in [6, 6.07) is 8.68. The molecule has 0 radical (unpaired) electrons. The third-order valence-electron chi connectivity index (χ3n) is 4.03. The quantitative estimate of drug-likeness (QED) is 0.534. The summed E-state index contributed by atoms with van der Waals surface area (Å²) < 4.78 is 0.885. The highest BCUT2D eigenvalue weighted by molar-refractivity contribution is 7.22. The van der Waals surface area contributed by atoms with Crippen molar-refractivity contribution in [3.63, 3.8) is 0 Å². The van der Waals surface area contributed by atoms with Crippen molar-refractivity contribution in [3.05, 3.63) is 46.5 Å². The molecule has 8 heteroatoms. The van der Waals surface area contributed by atoms with E-state index in [4.69, 9.17) is 11.6 Å². The lowest BCUT2D eigenvalue weighted by atomic mass is 10.2. The van der Waals surface area contributed by atoms with Gasteiger partial charge in [0.25, 0.3) is 0 Å². The third-order valence-corrected chi connectivity index (χ3v) is 5.35. The fourth-order valence-corrected chi connectivity index (χ4v) is 3.73. The zero-order valence-corrected chi connectivity index (χ0v) is 16.7. The highest BCUT2D eigenvalue weighted by Gasteiger charge is 2.12. The average Bonchev–Trinajstić information content (AvgIpc) is 3.01. The van der Waals surface area contributed by atoms with Crippen molar-refractivity contribution in [2.75, 3.05) is 16.0 Å². The first kappa shape index (κ1) is 19.1. The van der Waals surface area contributed by atoms with Crippen LogP contribution in [0.25, 0.3) is 10.2 Å². The second-order valence-corrected chi connectivity index (χ2v) is 7.49. The van der Waals surface area contributed by atoms with E-state index in [-0.39, 0.29) is 11.9 Å². The predicted octanol–water partition coefficient (Wildman–Crippen LogP) is 5.56. The molecule has 0 saturated heterocycles. The number of anilines is 3. The normalized spacial score (nSPS) is 10.7. The fourth-order valence-electron chi connectivity index (χ4n) is 2.56. The molecule has 0 bridgehead atoms. The molecule has 0 atom stereocenters. The molecule has 0 unspecified atom stereocenters. The molecule has 3 rings (SSSR count). The Labute approximate surface area is 165 Å². The number of hydrogen-bond donors (Lipinski definition) is 3. The maximum Gasteiger partial charge on any atom is 0.323 e. The highest BCUT2D eigenvalue weighted by atomic mass is 35.5. The minimum absolute atomic E-state index is 0.0821. The van der Waals surface area contributed by atoms with Gasteiger partial charge in [-0.25, -0.2) is 9.78 Å². The van der Waals surface area contributed by atoms with E-state index in [2.05, 4.69) is 20.9 Å². The lowest BCUT2D eigenvalue weighted by Crippen LogP contribution is -2.20. The summed E-state index contributed by atoms with van der Waals surface area (Å²) in [7, 11) is 0. The Morgan fingerprint density at radius 1 is 1.15 bits per heavy atom. The van der Waals surface area contributed by atoms with Crippen LogP contribution in [0.4, 0.5) is 21.3 Å². The summed E-state index contributed by atoms with van der Waals surface area (Å²) in [5.41, 5.74) is 3.83. The van der Waals surface area contributed by atoms with Crippen LogP contribution in [0.2, 0.25) is 5.02 Å². The van der Waals surface area contributed by atoms with Crippen LogP contribution in [0.3, 0.4) is 0 Å². The molecule has 2 aromatic carbocycles. The van der Waals surface area contributed by atoms with Crippen molar-refractivity contribution >= 4 is 61.6 Å². The van der Waals surface area contributed by atoms with Crippen LogP contribution in [0, 0.1) is 13.8 Å². The Kier molecular flexibility index (Phi) is 5.62. The van der Waals surface area contributed by atoms with Crippen LogP contribution in [0.5, 0.6) is 0 Å². The monoisotopic (exact) mass is 402 g/mol. The van der Waals surface area contributed by atoms with Gasteiger partial charge in [0, 0.05) is 22.8 Å². The Balaban J connectivity index is 1.79. The van der Waals surface area contributed by atoms with Crippen LogP contribution in [-0.2, 0) is 4.79 Å². The molecule has 1 aromatic heterocycles. The number of urea groups is 1. The number of nitrogens with zero attached hydrogens (tertiary/aromatic N) is 1. The highest BCUT2D eigenvalue weighted by Crippen LogP contribution is 2.31. The lowest BCUT2D eigenvalue weighted by molar-refractivity contribution is -0.115. The number of aryl methyl sites for hydroxylation is 1. The molecule has 3 aromatic rings. The number of fused-ring (bicyclic) bond motifs is 1. The van der Waals surface area contributed by atoms with Crippen molar-refractivity contribution in [2.24, 2.45) is 0 Å². The molecule has 0 saturated carbocycles. The van der Waals surface area contributed by atoms with Gasteiger partial charge in [0.1, 0.15) is 0 Å². The maximum absolute atomic E-state index is 12.3. The van der Waals surface area contributed by atoms with Gasteiger partial charge in [-0.1, -0.05) is 35.9 Å². The first-order chi connectivity index (χ1) is 12.9. The van der Waals surface area contributed by atoms with Crippen molar-refractivity contribution < 1.29 is 9.59 Å². The number of aromatic nitrogens is 1. The number of carbonyl (C=O) groups excluding carboxylic acids is 2. The minimum atomic E-state index is -0.358. The van der Waals surface area contributed by atoms with Crippen LogP contribution >= 0.6 is 22.9 Å². The number of benzene rings is 2. The van der Waals surface area contributed by atoms with E-state index in [0.717, 1.165) is 21.3 Å². The van der Waals surface area contributed by atoms with Gasteiger partial charge >= 0.3 is 6.03 Å². The van der Waals surface area contributed by atoms with Crippen LogP contribution < -0.4 is 16.0 Å². The number of rotatable bonds is 4. The SMILES string of the molecule is CCC(=O)Nc1nc2c(C)cc(NC(=O)Nc3cccc(Cl)c3C)cc2s1. The van der Waals surface area contributed by atoms with Gasteiger partial charge in [0.2, 0.25) is 5.91 Å². The molecule has 0 aliphatic carbocycles. The molecule has 0 aliphatic heterocycles. The topological polar surface area (TPSA) is 83.1 Å². The van der Waals surface area contributed by atoms with Crippen LogP contribution in [0.15, 0.2) is 30.3 Å². The number of hydrogen-bond acceptors (Lipinski definition) is 4. The number of thiazole rings is 1. The van der Waals surface area contributed by atoms with Crippen molar-refractivity contribution in [2.45, 2.75) is 27.2 Å². The van der Waals surface area contributed by atoms with E-state index in [9.17, 15) is 9.59 Å². The standard InChI is InChI=1S/C19H19ClN4O2S/c1-4-16(25)23-19-24-17-10(2)8-12(9-15(17)27-19)21-18(26)22-14-7-5-6-13(20)11(14)3/h5-9H,4H2,1-3H3,(H2,21,22,26)(H,23,24,25). The molecule has 0 aliphatic rings. The summed E-state index contributed by atoms with van der Waals surface area (Å²) in [4.78, 5) is 28.4. The van der Waals surface area contributed by atoms with Crippen molar-refractivity contribution in [1.29, 1.82) is 0 Å². The molecule has 0 spiro atoms. The summed E-state index contributed by atoms with van der Waals surface area (Å²) in [6.45, 7) is 5.55. The summed E-state index contributed by atoms with van der Waals surface area (Å²) >= 11 is 7.46. The van der Waals surface area contributed by atoms with E-state index >= 15 is 0 Å². The number of amides is 3. The number of halogens is 1. The van der Waals surface area contributed by atoms with Gasteiger partial charge in [-0.05, 0) is 49.2 Å². The van der Waals surface area contributed by atoms with Gasteiger partial charge in [-0.3, -0.25) is 4.79 Å². The molecule has 3 amide bonds. The second kappa shape index (κ2) is 7.94. The Morgan fingerprint density at radius 2 is 1.93 bits per heavy atom. The van der Waals surface area contributed by atoms with Crippen molar-refractivity contribution in [1.82, 2.24) is 4.98 Å². The molecule has 1 heterocycles. The van der Waals surface area contributed by atoms with Gasteiger partial charge in [0.05, 0.1) is 10.2 Å². The zero-order chi connectivity index (χ0) is 19.6. The Morgan fingerprint density at radius 3 is 2.67 bits per heavy atom. The fraction of sp³-hybridized carbons (Fsp3) is 0.211. The minimum Gasteiger partial charge on any atom is -0.308 e. The first-order valence-electron chi connectivity index (χ1n) is 8.41. The smallest absolute Gasteiger partial charge is 0.308 e. The molecule has 0 fully saturated rings. The first-order valence-corrected chi connectivity index (χ1v) is 9.61. The average molecular weight is 403 g/mol. The number of nitrogens with one attached hydrogen (secondary N) is 3. The summed E-state index contributed by atoms with van der Waals surface area (Å²) in [5.74, 6) is -0.0821.